The summed E-state index contributed by atoms with van der Waals surface area (Å²) < 4.78 is 24.2. The smallest absolute Gasteiger partial charge is 0.252 e. The van der Waals surface area contributed by atoms with Crippen molar-refractivity contribution < 1.29 is 13.2 Å². The minimum Gasteiger partial charge on any atom is -0.345 e. The summed E-state index contributed by atoms with van der Waals surface area (Å²) in [5.74, 6) is -0.398. The van der Waals surface area contributed by atoms with Gasteiger partial charge in [0, 0.05) is 8.95 Å². The predicted octanol–water partition coefficient (Wildman–Crippen LogP) is 3.35. The quantitative estimate of drug-likeness (QED) is 0.731. The van der Waals surface area contributed by atoms with Crippen molar-refractivity contribution in [1.29, 1.82) is 0 Å². The number of sulfonamides is 1. The van der Waals surface area contributed by atoms with E-state index in [1.807, 2.05) is 31.2 Å². The third-order valence-corrected chi connectivity index (χ3v) is 5.55. The summed E-state index contributed by atoms with van der Waals surface area (Å²) in [5, 5.41) is 7.95. The van der Waals surface area contributed by atoms with Crippen LogP contribution in [0, 0.1) is 0 Å². The lowest BCUT2D eigenvalue weighted by atomic mass is 10.1. The summed E-state index contributed by atoms with van der Waals surface area (Å²) in [6.45, 7) is 1.84. The lowest BCUT2D eigenvalue weighted by Crippen LogP contribution is -2.27. The molecular formula is C15H14Br2N2O3S. The zero-order valence-electron chi connectivity index (χ0n) is 12.1. The first-order valence-corrected chi connectivity index (χ1v) is 9.71. The molecule has 0 spiro atoms. The first kappa shape index (κ1) is 18.1. The second-order valence-electron chi connectivity index (χ2n) is 4.90. The Morgan fingerprint density at radius 1 is 1.13 bits per heavy atom. The molecule has 0 aliphatic rings. The summed E-state index contributed by atoms with van der Waals surface area (Å²) in [5.41, 5.74) is 1.12. The first-order chi connectivity index (χ1) is 10.7. The number of nitrogens with one attached hydrogen (secondary N) is 1. The van der Waals surface area contributed by atoms with Crippen LogP contribution >= 0.6 is 31.9 Å². The Kier molecular flexibility index (Phi) is 5.61. The molecule has 8 heteroatoms. The van der Waals surface area contributed by atoms with E-state index in [0.29, 0.717) is 4.47 Å². The van der Waals surface area contributed by atoms with Crippen molar-refractivity contribution in [2.45, 2.75) is 17.9 Å². The number of amides is 1. The predicted molar refractivity (Wildman–Crippen MR) is 95.5 cm³/mol. The van der Waals surface area contributed by atoms with Crippen LogP contribution in [0.5, 0.6) is 0 Å². The van der Waals surface area contributed by atoms with E-state index in [1.54, 1.807) is 0 Å². The van der Waals surface area contributed by atoms with Crippen LogP contribution in [-0.4, -0.2) is 14.3 Å². The van der Waals surface area contributed by atoms with Crippen LogP contribution in [-0.2, 0) is 10.0 Å². The maximum Gasteiger partial charge on any atom is 0.252 e. The maximum atomic E-state index is 12.4. The molecule has 2 rings (SSSR count). The molecule has 1 unspecified atom stereocenters. The van der Waals surface area contributed by atoms with E-state index >= 15 is 0 Å². The SMILES string of the molecule is CC(NC(=O)c1cc(S(N)(=O)=O)ccc1Br)c1ccccc1Br. The number of rotatable bonds is 4. The van der Waals surface area contributed by atoms with Gasteiger partial charge in [0.15, 0.2) is 0 Å². The Morgan fingerprint density at radius 2 is 1.78 bits per heavy atom. The fourth-order valence-corrected chi connectivity index (χ4v) is 3.63. The minimum absolute atomic E-state index is 0.112. The van der Waals surface area contributed by atoms with Crippen molar-refractivity contribution in [3.8, 4) is 0 Å². The second-order valence-corrected chi connectivity index (χ2v) is 8.17. The number of carbonyl (C=O) groups excluding carboxylic acids is 1. The number of hydrogen-bond acceptors (Lipinski definition) is 3. The minimum atomic E-state index is -3.87. The molecule has 1 atom stereocenters. The van der Waals surface area contributed by atoms with Gasteiger partial charge in [-0.25, -0.2) is 13.6 Å². The summed E-state index contributed by atoms with van der Waals surface area (Å²) in [4.78, 5) is 12.3. The van der Waals surface area contributed by atoms with Crippen LogP contribution in [0.2, 0.25) is 0 Å². The highest BCUT2D eigenvalue weighted by molar-refractivity contribution is 9.10. The van der Waals surface area contributed by atoms with E-state index in [0.717, 1.165) is 10.0 Å². The molecular weight excluding hydrogens is 448 g/mol. The molecule has 23 heavy (non-hydrogen) atoms. The molecule has 0 bridgehead atoms. The lowest BCUT2D eigenvalue weighted by Gasteiger charge is -2.16. The average Bonchev–Trinajstić information content (AvgIpc) is 2.46. The summed E-state index contributed by atoms with van der Waals surface area (Å²) in [6, 6.07) is 11.4. The van der Waals surface area contributed by atoms with Crippen molar-refractivity contribution in [3.63, 3.8) is 0 Å². The van der Waals surface area contributed by atoms with Crippen LogP contribution in [0.15, 0.2) is 56.3 Å². The summed E-state index contributed by atoms with van der Waals surface area (Å²) >= 11 is 6.69. The molecule has 2 aromatic rings. The third-order valence-electron chi connectivity index (χ3n) is 3.23. The largest absolute Gasteiger partial charge is 0.345 e. The molecule has 5 nitrogen and oxygen atoms in total. The van der Waals surface area contributed by atoms with Gasteiger partial charge in [-0.3, -0.25) is 4.79 Å². The first-order valence-electron chi connectivity index (χ1n) is 6.58. The van der Waals surface area contributed by atoms with E-state index < -0.39 is 15.9 Å². The molecule has 0 fully saturated rings. The van der Waals surface area contributed by atoms with Crippen LogP contribution in [0.4, 0.5) is 0 Å². The molecule has 1 amide bonds. The maximum absolute atomic E-state index is 12.4. The van der Waals surface area contributed by atoms with Crippen LogP contribution < -0.4 is 10.5 Å². The van der Waals surface area contributed by atoms with Crippen molar-refractivity contribution in [1.82, 2.24) is 5.32 Å². The standard InChI is InChI=1S/C15H14Br2N2O3S/c1-9(11-4-2-3-5-13(11)16)19-15(20)12-8-10(23(18,21)22)6-7-14(12)17/h2-9H,1H3,(H,19,20)(H2,18,21,22). The molecule has 3 N–H and O–H groups in total. The average molecular weight is 462 g/mol. The normalized spacial score (nSPS) is 12.7. The van der Waals surface area contributed by atoms with E-state index in [4.69, 9.17) is 5.14 Å². The molecule has 0 saturated heterocycles. The van der Waals surface area contributed by atoms with Crippen molar-refractivity contribution >= 4 is 47.8 Å². The summed E-state index contributed by atoms with van der Waals surface area (Å²) in [7, 11) is -3.87. The topological polar surface area (TPSA) is 89.3 Å². The Balaban J connectivity index is 2.29. The van der Waals surface area contributed by atoms with Crippen molar-refractivity contribution in [3.05, 3.63) is 62.5 Å². The van der Waals surface area contributed by atoms with Gasteiger partial charge in [0.05, 0.1) is 16.5 Å². The number of carbonyl (C=O) groups is 1. The number of halogens is 2. The van der Waals surface area contributed by atoms with Crippen LogP contribution in [0.1, 0.15) is 28.9 Å². The number of hydrogen-bond donors (Lipinski definition) is 2. The van der Waals surface area contributed by atoms with Gasteiger partial charge in [-0.2, -0.15) is 0 Å². The third kappa shape index (κ3) is 4.41. The van der Waals surface area contributed by atoms with Crippen molar-refractivity contribution in [2.24, 2.45) is 5.14 Å². The van der Waals surface area contributed by atoms with Gasteiger partial charge in [0.2, 0.25) is 10.0 Å². The van der Waals surface area contributed by atoms with E-state index in [-0.39, 0.29) is 16.5 Å². The van der Waals surface area contributed by atoms with Crippen LogP contribution in [0.3, 0.4) is 0 Å². The highest BCUT2D eigenvalue weighted by Crippen LogP contribution is 2.25. The molecule has 0 aliphatic heterocycles. The monoisotopic (exact) mass is 460 g/mol. The van der Waals surface area contributed by atoms with E-state index in [9.17, 15) is 13.2 Å². The van der Waals surface area contributed by atoms with Gasteiger partial charge in [0.1, 0.15) is 0 Å². The van der Waals surface area contributed by atoms with Gasteiger partial charge in [0.25, 0.3) is 5.91 Å². The molecule has 0 radical (unpaired) electrons. The summed E-state index contributed by atoms with van der Waals surface area (Å²) in [6.07, 6.45) is 0. The second kappa shape index (κ2) is 7.12. The Bertz CT molecular complexity index is 854. The van der Waals surface area contributed by atoms with Gasteiger partial charge in [-0.15, -0.1) is 0 Å². The van der Waals surface area contributed by atoms with Gasteiger partial charge < -0.3 is 5.32 Å². The Hall–Kier alpha value is -1.22. The Morgan fingerprint density at radius 3 is 2.39 bits per heavy atom. The Labute approximate surface area is 151 Å². The molecule has 0 heterocycles. The zero-order chi connectivity index (χ0) is 17.2. The fraction of sp³-hybridized carbons (Fsp3) is 0.133. The van der Waals surface area contributed by atoms with Gasteiger partial charge in [-0.1, -0.05) is 34.1 Å². The van der Waals surface area contributed by atoms with Gasteiger partial charge in [-0.05, 0) is 52.7 Å². The van der Waals surface area contributed by atoms with E-state index in [2.05, 4.69) is 37.2 Å². The van der Waals surface area contributed by atoms with Crippen LogP contribution in [0.25, 0.3) is 0 Å². The molecule has 0 aliphatic carbocycles. The highest BCUT2D eigenvalue weighted by atomic mass is 79.9. The zero-order valence-corrected chi connectivity index (χ0v) is 16.1. The van der Waals surface area contributed by atoms with Gasteiger partial charge >= 0.3 is 0 Å². The van der Waals surface area contributed by atoms with E-state index in [1.165, 1.54) is 18.2 Å². The fourth-order valence-electron chi connectivity index (χ4n) is 2.03. The van der Waals surface area contributed by atoms with Crippen molar-refractivity contribution in [2.75, 3.05) is 0 Å². The number of benzene rings is 2. The number of primary sulfonamides is 1. The molecule has 0 aromatic heterocycles. The molecule has 122 valence electrons. The highest BCUT2D eigenvalue weighted by Gasteiger charge is 2.18. The molecule has 2 aromatic carbocycles. The number of nitrogens with two attached hydrogens (primary N) is 1. The lowest BCUT2D eigenvalue weighted by molar-refractivity contribution is 0.0939. The molecule has 0 saturated carbocycles.